The molecule has 2 aromatic heterocycles. The smallest absolute Gasteiger partial charge is 0.191 e. The second kappa shape index (κ2) is 8.93. The van der Waals surface area contributed by atoms with E-state index >= 15 is 0 Å². The number of thiophene rings is 1. The van der Waals surface area contributed by atoms with Gasteiger partial charge >= 0.3 is 0 Å². The standard InChI is InChI=1S/C21H25N5OS/c1-22-21(24-17-9-11-26(12-10-17)20-8-5-13-28-20)23-15-18-14-19(27-25-18)16-6-3-2-4-7-16/h2-8,13-14,17H,9-12,15H2,1H3,(H2,22,23,24). The normalized spacial score (nSPS) is 15.6. The first-order valence-corrected chi connectivity index (χ1v) is 10.5. The number of hydrogen-bond acceptors (Lipinski definition) is 5. The Morgan fingerprint density at radius 2 is 2.04 bits per heavy atom. The number of nitrogens with zero attached hydrogens (tertiary/aromatic N) is 3. The number of hydrogen-bond donors (Lipinski definition) is 2. The molecule has 2 N–H and O–H groups in total. The van der Waals surface area contributed by atoms with Gasteiger partial charge in [-0.2, -0.15) is 0 Å². The molecule has 1 saturated heterocycles. The summed E-state index contributed by atoms with van der Waals surface area (Å²) >= 11 is 1.81. The van der Waals surface area contributed by atoms with E-state index in [9.17, 15) is 0 Å². The number of piperidine rings is 1. The lowest BCUT2D eigenvalue weighted by molar-refractivity contribution is 0.422. The summed E-state index contributed by atoms with van der Waals surface area (Å²) in [5.74, 6) is 1.58. The Morgan fingerprint density at radius 3 is 2.75 bits per heavy atom. The molecule has 146 valence electrons. The second-order valence-corrected chi connectivity index (χ2v) is 7.76. The number of benzene rings is 1. The molecular formula is C21H25N5OS. The van der Waals surface area contributed by atoms with E-state index in [0.29, 0.717) is 12.6 Å². The number of aromatic nitrogens is 1. The quantitative estimate of drug-likeness (QED) is 0.509. The van der Waals surface area contributed by atoms with Gasteiger partial charge in [0, 0.05) is 37.8 Å². The van der Waals surface area contributed by atoms with Crippen LogP contribution in [0.1, 0.15) is 18.5 Å². The highest BCUT2D eigenvalue weighted by Crippen LogP contribution is 2.24. The summed E-state index contributed by atoms with van der Waals surface area (Å²) in [5.41, 5.74) is 1.88. The van der Waals surface area contributed by atoms with Gasteiger partial charge in [0.2, 0.25) is 0 Å². The fourth-order valence-electron chi connectivity index (χ4n) is 3.39. The molecule has 1 aliphatic rings. The zero-order chi connectivity index (χ0) is 19.2. The highest BCUT2D eigenvalue weighted by molar-refractivity contribution is 7.14. The maximum Gasteiger partial charge on any atom is 0.191 e. The Balaban J connectivity index is 1.26. The molecule has 1 fully saturated rings. The van der Waals surface area contributed by atoms with Crippen molar-refractivity contribution in [3.05, 3.63) is 59.6 Å². The third-order valence-electron chi connectivity index (χ3n) is 4.93. The van der Waals surface area contributed by atoms with Gasteiger partial charge in [0.1, 0.15) is 5.69 Å². The zero-order valence-electron chi connectivity index (χ0n) is 16.0. The summed E-state index contributed by atoms with van der Waals surface area (Å²) < 4.78 is 5.46. The Morgan fingerprint density at radius 1 is 1.21 bits per heavy atom. The molecule has 6 nitrogen and oxygen atoms in total. The maximum atomic E-state index is 5.46. The van der Waals surface area contributed by atoms with E-state index in [4.69, 9.17) is 4.52 Å². The highest BCUT2D eigenvalue weighted by atomic mass is 32.1. The van der Waals surface area contributed by atoms with Crippen molar-refractivity contribution in [1.82, 2.24) is 15.8 Å². The molecule has 7 heteroatoms. The van der Waals surface area contributed by atoms with Gasteiger partial charge in [-0.3, -0.25) is 4.99 Å². The van der Waals surface area contributed by atoms with E-state index in [-0.39, 0.29) is 0 Å². The second-order valence-electron chi connectivity index (χ2n) is 6.83. The van der Waals surface area contributed by atoms with E-state index in [0.717, 1.165) is 48.9 Å². The van der Waals surface area contributed by atoms with Gasteiger partial charge in [0.05, 0.1) is 11.5 Å². The van der Waals surface area contributed by atoms with E-state index in [1.54, 1.807) is 7.05 Å². The summed E-state index contributed by atoms with van der Waals surface area (Å²) in [4.78, 5) is 6.81. The molecule has 0 radical (unpaired) electrons. The van der Waals surface area contributed by atoms with E-state index < -0.39 is 0 Å². The van der Waals surface area contributed by atoms with Crippen LogP contribution in [0.25, 0.3) is 11.3 Å². The molecule has 4 rings (SSSR count). The monoisotopic (exact) mass is 395 g/mol. The van der Waals surface area contributed by atoms with Crippen molar-refractivity contribution >= 4 is 22.3 Å². The predicted octanol–water partition coefficient (Wildman–Crippen LogP) is 3.74. The molecule has 28 heavy (non-hydrogen) atoms. The number of guanidine groups is 1. The van der Waals surface area contributed by atoms with Crippen molar-refractivity contribution in [1.29, 1.82) is 0 Å². The van der Waals surface area contributed by atoms with Crippen molar-refractivity contribution in [2.75, 3.05) is 25.0 Å². The molecule has 0 amide bonds. The van der Waals surface area contributed by atoms with Crippen LogP contribution < -0.4 is 15.5 Å². The number of nitrogens with one attached hydrogen (secondary N) is 2. The molecule has 0 spiro atoms. The van der Waals surface area contributed by atoms with Crippen LogP contribution in [-0.4, -0.2) is 37.3 Å². The topological polar surface area (TPSA) is 65.7 Å². The van der Waals surface area contributed by atoms with E-state index in [1.165, 1.54) is 5.00 Å². The first kappa shape index (κ1) is 18.6. The zero-order valence-corrected chi connectivity index (χ0v) is 16.8. The minimum Gasteiger partial charge on any atom is -0.363 e. The summed E-state index contributed by atoms with van der Waals surface area (Å²) in [7, 11) is 1.80. The first-order valence-electron chi connectivity index (χ1n) is 9.58. The minimum atomic E-state index is 0.430. The number of aliphatic imine (C=N–C) groups is 1. The molecule has 0 atom stereocenters. The van der Waals surface area contributed by atoms with Crippen molar-refractivity contribution < 1.29 is 4.52 Å². The van der Waals surface area contributed by atoms with Gasteiger partial charge in [0.15, 0.2) is 11.7 Å². The Hall–Kier alpha value is -2.80. The molecule has 3 heterocycles. The first-order chi connectivity index (χ1) is 13.8. The molecule has 0 aliphatic carbocycles. The predicted molar refractivity (Wildman–Crippen MR) is 115 cm³/mol. The maximum absolute atomic E-state index is 5.46. The molecule has 3 aromatic rings. The molecule has 0 unspecified atom stereocenters. The van der Waals surface area contributed by atoms with E-state index in [2.05, 4.69) is 43.2 Å². The lowest BCUT2D eigenvalue weighted by Crippen LogP contribution is -2.48. The summed E-state index contributed by atoms with van der Waals surface area (Å²) in [6, 6.07) is 16.7. The van der Waals surface area contributed by atoms with Crippen molar-refractivity contribution in [2.45, 2.75) is 25.4 Å². The third-order valence-corrected chi connectivity index (χ3v) is 5.86. The Bertz CT molecular complexity index is 883. The van der Waals surface area contributed by atoms with Crippen molar-refractivity contribution in [3.8, 4) is 11.3 Å². The largest absolute Gasteiger partial charge is 0.363 e. The lowest BCUT2D eigenvalue weighted by Gasteiger charge is -2.33. The Kier molecular flexibility index (Phi) is 5.92. The SMILES string of the molecule is CN=C(NCc1cc(-c2ccccc2)on1)NC1CCN(c2cccs2)CC1. The van der Waals surface area contributed by atoms with Crippen LogP contribution in [0.5, 0.6) is 0 Å². The minimum absolute atomic E-state index is 0.430. The van der Waals surface area contributed by atoms with Gasteiger partial charge in [-0.25, -0.2) is 0 Å². The number of rotatable bonds is 5. The van der Waals surface area contributed by atoms with Gasteiger partial charge in [-0.15, -0.1) is 11.3 Å². The Labute approximate surface area is 169 Å². The van der Waals surface area contributed by atoms with Gasteiger partial charge in [-0.1, -0.05) is 35.5 Å². The van der Waals surface area contributed by atoms with Gasteiger partial charge in [-0.05, 0) is 30.4 Å². The van der Waals surface area contributed by atoms with Crippen LogP contribution in [0.3, 0.4) is 0 Å². The van der Waals surface area contributed by atoms with Crippen LogP contribution in [0.2, 0.25) is 0 Å². The summed E-state index contributed by atoms with van der Waals surface area (Å²) in [5, 5.41) is 14.5. The summed E-state index contributed by atoms with van der Waals surface area (Å²) in [6.07, 6.45) is 2.20. The summed E-state index contributed by atoms with van der Waals surface area (Å²) in [6.45, 7) is 2.71. The van der Waals surface area contributed by atoms with Gasteiger partial charge < -0.3 is 20.1 Å². The fourth-order valence-corrected chi connectivity index (χ4v) is 4.18. The third kappa shape index (κ3) is 4.54. The van der Waals surface area contributed by atoms with Crippen LogP contribution >= 0.6 is 11.3 Å². The number of anilines is 1. The molecule has 0 saturated carbocycles. The van der Waals surface area contributed by atoms with Crippen LogP contribution in [0.15, 0.2) is 63.4 Å². The van der Waals surface area contributed by atoms with Gasteiger partial charge in [0.25, 0.3) is 0 Å². The van der Waals surface area contributed by atoms with Crippen molar-refractivity contribution in [3.63, 3.8) is 0 Å². The molecule has 1 aliphatic heterocycles. The highest BCUT2D eigenvalue weighted by Gasteiger charge is 2.20. The van der Waals surface area contributed by atoms with Crippen LogP contribution in [0, 0.1) is 0 Å². The lowest BCUT2D eigenvalue weighted by atomic mass is 10.1. The van der Waals surface area contributed by atoms with Crippen LogP contribution in [0.4, 0.5) is 5.00 Å². The fraction of sp³-hybridized carbons (Fsp3) is 0.333. The molecular weight excluding hydrogens is 370 g/mol. The molecule has 1 aromatic carbocycles. The van der Waals surface area contributed by atoms with Crippen molar-refractivity contribution in [2.24, 2.45) is 4.99 Å². The van der Waals surface area contributed by atoms with E-state index in [1.807, 2.05) is 47.7 Å². The van der Waals surface area contributed by atoms with Crippen LogP contribution in [-0.2, 0) is 6.54 Å². The average Bonchev–Trinajstić information content (AvgIpc) is 3.44. The molecule has 0 bridgehead atoms. The average molecular weight is 396 g/mol.